The zero-order chi connectivity index (χ0) is 33.7. The lowest BCUT2D eigenvalue weighted by Gasteiger charge is -2.38. The number of hydrogen-bond acceptors (Lipinski definition) is 7. The highest BCUT2D eigenvalue weighted by atomic mass is 35.5. The van der Waals surface area contributed by atoms with Crippen LogP contribution in [0.1, 0.15) is 38.4 Å². The van der Waals surface area contributed by atoms with Crippen molar-refractivity contribution >= 4 is 55.6 Å². The molecule has 3 aromatic heterocycles. The van der Waals surface area contributed by atoms with Crippen molar-refractivity contribution in [3.63, 3.8) is 0 Å². The third-order valence-corrected chi connectivity index (χ3v) is 13.6. The van der Waals surface area contributed by atoms with Gasteiger partial charge in [-0.3, -0.25) is 9.36 Å². The first kappa shape index (κ1) is 34.3. The van der Waals surface area contributed by atoms with Gasteiger partial charge in [0.2, 0.25) is 0 Å². The summed E-state index contributed by atoms with van der Waals surface area (Å²) in [6, 6.07) is 6.96. The maximum Gasteiger partial charge on any atom is 0.264 e. The summed E-state index contributed by atoms with van der Waals surface area (Å²) in [7, 11) is -2.49. The third kappa shape index (κ3) is 7.39. The average Bonchev–Trinajstić information content (AvgIpc) is 3.47. The van der Waals surface area contributed by atoms with Crippen molar-refractivity contribution in [3.05, 3.63) is 45.7 Å². The molecule has 1 unspecified atom stereocenters. The lowest BCUT2D eigenvalue weighted by atomic mass is 9.92. The van der Waals surface area contributed by atoms with Gasteiger partial charge < -0.3 is 18.9 Å². The first-order chi connectivity index (χ1) is 22.2. The van der Waals surface area contributed by atoms with E-state index in [-0.39, 0.29) is 12.3 Å². The zero-order valence-corrected chi connectivity index (χ0v) is 32.2. The number of piperidine rings is 1. The number of benzene rings is 1. The molecule has 0 N–H and O–H groups in total. The fourth-order valence-corrected chi connectivity index (χ4v) is 8.95. The first-order valence-electron chi connectivity index (χ1n) is 17.2. The Morgan fingerprint density at radius 1 is 0.915 bits per heavy atom. The van der Waals surface area contributed by atoms with Gasteiger partial charge in [0.05, 0.1) is 22.1 Å². The molecule has 2 saturated heterocycles. The molecule has 12 heteroatoms. The highest BCUT2D eigenvalue weighted by molar-refractivity contribution is 6.76. The molecule has 47 heavy (non-hydrogen) atoms. The van der Waals surface area contributed by atoms with Crippen LogP contribution >= 0.6 is 11.6 Å². The Kier molecular flexibility index (Phi) is 9.76. The summed E-state index contributed by atoms with van der Waals surface area (Å²) in [4.78, 5) is 31.4. The summed E-state index contributed by atoms with van der Waals surface area (Å²) in [6.45, 7) is 20.1. The second-order valence-corrected chi connectivity index (χ2v) is 27.8. The number of fused-ring (bicyclic) bond motifs is 4. The zero-order valence-electron chi connectivity index (χ0n) is 29.4. The van der Waals surface area contributed by atoms with E-state index in [9.17, 15) is 4.79 Å². The summed E-state index contributed by atoms with van der Waals surface area (Å²) in [5.41, 5.74) is 3.45. The molecule has 2 aliphatic heterocycles. The van der Waals surface area contributed by atoms with Gasteiger partial charge in [0.1, 0.15) is 30.6 Å². The largest absolute Gasteiger partial charge is 0.361 e. The van der Waals surface area contributed by atoms with Crippen LogP contribution in [-0.2, 0) is 22.9 Å². The van der Waals surface area contributed by atoms with Crippen LogP contribution in [0.25, 0.3) is 33.2 Å². The quantitative estimate of drug-likeness (QED) is 0.109. The molecule has 4 aromatic rings. The van der Waals surface area contributed by atoms with Crippen molar-refractivity contribution < 1.29 is 9.47 Å². The summed E-state index contributed by atoms with van der Waals surface area (Å²) in [5, 5.41) is 0.753. The maximum atomic E-state index is 13.9. The van der Waals surface area contributed by atoms with Gasteiger partial charge in [-0.05, 0) is 56.7 Å². The van der Waals surface area contributed by atoms with Crippen molar-refractivity contribution in [1.29, 1.82) is 0 Å². The van der Waals surface area contributed by atoms with E-state index in [2.05, 4.69) is 55.7 Å². The predicted molar refractivity (Wildman–Crippen MR) is 198 cm³/mol. The second kappa shape index (κ2) is 13.4. The molecular weight excluding hydrogens is 644 g/mol. The number of halogens is 1. The molecule has 0 amide bonds. The Hall–Kier alpha value is -2.58. The number of aryl methyl sites for hydroxylation is 1. The first-order valence-corrected chi connectivity index (χ1v) is 25.0. The summed E-state index contributed by atoms with van der Waals surface area (Å²) < 4.78 is 15.8. The molecule has 0 spiro atoms. The van der Waals surface area contributed by atoms with E-state index in [1.807, 2.05) is 31.5 Å². The molecular formula is C35H51ClN6O3Si2. The number of rotatable bonds is 12. The lowest BCUT2D eigenvalue weighted by Crippen LogP contribution is -2.43. The van der Waals surface area contributed by atoms with Gasteiger partial charge in [-0.2, -0.15) is 0 Å². The SMILES string of the molecule is Cc1nc2ccc(-c3cn(COCC[Si](C)(C)C)c4nc(N5[C@@H]6CC[C@H]5CC(C)C6)cnc34)c(Cl)c2c(=O)n1COCC[Si](C)(C)C. The number of hydrogen-bond donors (Lipinski definition) is 0. The average molecular weight is 695 g/mol. The van der Waals surface area contributed by atoms with Crippen molar-refractivity contribution in [2.45, 2.75) is 116 Å². The predicted octanol–water partition coefficient (Wildman–Crippen LogP) is 8.16. The maximum absolute atomic E-state index is 13.9. The molecule has 0 radical (unpaired) electrons. The molecule has 3 atom stereocenters. The minimum atomic E-state index is -1.25. The smallest absolute Gasteiger partial charge is 0.264 e. The third-order valence-electron chi connectivity index (χ3n) is 9.77. The Balaban J connectivity index is 1.39. The normalized spacial score (nSPS) is 20.2. The number of anilines is 1. The molecule has 0 aliphatic carbocycles. The van der Waals surface area contributed by atoms with Crippen LogP contribution in [0.2, 0.25) is 56.4 Å². The second-order valence-electron chi connectivity index (χ2n) is 16.2. The lowest BCUT2D eigenvalue weighted by molar-refractivity contribution is 0.0829. The van der Waals surface area contributed by atoms with E-state index in [1.165, 1.54) is 25.7 Å². The Labute approximate surface area is 285 Å². The van der Waals surface area contributed by atoms with Gasteiger partial charge in [-0.15, -0.1) is 0 Å². The Morgan fingerprint density at radius 2 is 1.55 bits per heavy atom. The van der Waals surface area contributed by atoms with Crippen molar-refractivity contribution in [2.75, 3.05) is 18.1 Å². The number of ether oxygens (including phenoxy) is 2. The van der Waals surface area contributed by atoms with Gasteiger partial charge in [-0.25, -0.2) is 15.0 Å². The molecule has 2 bridgehead atoms. The molecule has 6 rings (SSSR count). The van der Waals surface area contributed by atoms with Crippen LogP contribution in [0.4, 0.5) is 5.82 Å². The summed E-state index contributed by atoms with van der Waals surface area (Å²) in [6.07, 6.45) is 8.77. The molecule has 2 aliphatic rings. The van der Waals surface area contributed by atoms with Crippen LogP contribution in [-0.4, -0.2) is 65.5 Å². The van der Waals surface area contributed by atoms with E-state index >= 15 is 0 Å². The van der Waals surface area contributed by atoms with E-state index in [4.69, 9.17) is 36.0 Å². The number of aromatic nitrogens is 5. The molecule has 9 nitrogen and oxygen atoms in total. The van der Waals surface area contributed by atoms with Crippen LogP contribution in [0.5, 0.6) is 0 Å². The van der Waals surface area contributed by atoms with Gasteiger partial charge in [0, 0.05) is 58.8 Å². The minimum absolute atomic E-state index is 0.151. The fraction of sp³-hybridized carbons (Fsp3) is 0.600. The molecule has 1 aromatic carbocycles. The van der Waals surface area contributed by atoms with E-state index in [0.717, 1.165) is 46.1 Å². The van der Waals surface area contributed by atoms with E-state index in [1.54, 1.807) is 4.57 Å². The van der Waals surface area contributed by atoms with Crippen LogP contribution < -0.4 is 10.5 Å². The van der Waals surface area contributed by atoms with Crippen molar-refractivity contribution in [2.24, 2.45) is 5.92 Å². The Morgan fingerprint density at radius 3 is 2.19 bits per heavy atom. The van der Waals surface area contributed by atoms with Gasteiger partial charge in [-0.1, -0.05) is 63.9 Å². The van der Waals surface area contributed by atoms with Gasteiger partial charge in [0.25, 0.3) is 5.56 Å². The summed E-state index contributed by atoms with van der Waals surface area (Å²) >= 11 is 7.15. The van der Waals surface area contributed by atoms with Gasteiger partial charge >= 0.3 is 0 Å². The minimum Gasteiger partial charge on any atom is -0.361 e. The van der Waals surface area contributed by atoms with Crippen molar-refractivity contribution in [3.8, 4) is 11.1 Å². The highest BCUT2D eigenvalue weighted by Crippen LogP contribution is 2.42. The van der Waals surface area contributed by atoms with E-state index in [0.29, 0.717) is 53.8 Å². The van der Waals surface area contributed by atoms with Crippen LogP contribution in [0.3, 0.4) is 0 Å². The highest BCUT2D eigenvalue weighted by Gasteiger charge is 2.40. The van der Waals surface area contributed by atoms with E-state index < -0.39 is 16.1 Å². The fourth-order valence-electron chi connectivity index (χ4n) is 7.10. The molecule has 0 saturated carbocycles. The standard InChI is InChI=1S/C35H51ClN6O3Si2/c1-23-17-25-9-10-26(18-23)42(25)30-19-37-33-28(20-40(34(33)39-30)21-44-13-15-46(3,4)5)27-11-12-29-31(32(27)36)35(43)41(24(2)38-29)22-45-14-16-47(6,7)8/h11-12,19-20,23,25-26H,9-10,13-18,21-22H2,1-8H3/t23?,25-,26+. The van der Waals surface area contributed by atoms with Crippen LogP contribution in [0.15, 0.2) is 29.3 Å². The summed E-state index contributed by atoms with van der Waals surface area (Å²) in [5.74, 6) is 2.28. The molecule has 254 valence electrons. The van der Waals surface area contributed by atoms with Gasteiger partial charge in [0.15, 0.2) is 5.65 Å². The van der Waals surface area contributed by atoms with Crippen molar-refractivity contribution in [1.82, 2.24) is 24.1 Å². The number of nitrogens with zero attached hydrogens (tertiary/aromatic N) is 6. The van der Waals surface area contributed by atoms with Crippen LogP contribution in [0, 0.1) is 12.8 Å². The monoisotopic (exact) mass is 694 g/mol. The molecule has 5 heterocycles. The Bertz CT molecular complexity index is 1810. The topological polar surface area (TPSA) is 87.3 Å². The molecule has 2 fully saturated rings.